The molecule has 0 aromatic heterocycles. The van der Waals surface area contributed by atoms with E-state index in [2.05, 4.69) is 5.32 Å². The van der Waals surface area contributed by atoms with Crippen molar-refractivity contribution in [1.82, 2.24) is 5.32 Å². The average molecular weight is 195 g/mol. The average Bonchev–Trinajstić information content (AvgIpc) is 2.19. The van der Waals surface area contributed by atoms with E-state index < -0.39 is 0 Å². The first-order valence-electron chi connectivity index (χ1n) is 4.88. The van der Waals surface area contributed by atoms with Gasteiger partial charge in [0.15, 0.2) is 0 Å². The Morgan fingerprint density at radius 2 is 2.14 bits per heavy atom. The van der Waals surface area contributed by atoms with Crippen molar-refractivity contribution in [3.8, 4) is 0 Å². The minimum atomic E-state index is 0.0312. The Morgan fingerprint density at radius 3 is 2.57 bits per heavy atom. The van der Waals surface area contributed by atoms with Gasteiger partial charge in [-0.25, -0.2) is 0 Å². The quantitative estimate of drug-likeness (QED) is 0.747. The maximum absolute atomic E-state index is 11.4. The van der Waals surface area contributed by atoms with Crippen LogP contribution < -0.4 is 5.32 Å². The van der Waals surface area contributed by atoms with Crippen LogP contribution in [0.1, 0.15) is 26.7 Å². The van der Waals surface area contributed by atoms with Gasteiger partial charge >= 0.3 is 0 Å². The van der Waals surface area contributed by atoms with Crippen LogP contribution in [-0.4, -0.2) is 13.0 Å². The van der Waals surface area contributed by atoms with E-state index in [9.17, 15) is 4.79 Å². The molecule has 3 heteroatoms. The maximum Gasteiger partial charge on any atom is 0.226 e. The third kappa shape index (κ3) is 2.91. The molecule has 0 aromatic rings. The van der Waals surface area contributed by atoms with E-state index in [1.165, 1.54) is 0 Å². The van der Waals surface area contributed by atoms with Crippen molar-refractivity contribution in [2.75, 3.05) is 7.11 Å². The van der Waals surface area contributed by atoms with Gasteiger partial charge in [0, 0.05) is 18.0 Å². The van der Waals surface area contributed by atoms with Crippen LogP contribution in [0, 0.1) is 5.92 Å². The SMILES string of the molecule is COC1=CC=C(NC(=O)C(C)C)CC1. The zero-order valence-corrected chi connectivity index (χ0v) is 8.96. The molecule has 1 rings (SSSR count). The zero-order valence-electron chi connectivity index (χ0n) is 8.96. The summed E-state index contributed by atoms with van der Waals surface area (Å²) in [7, 11) is 1.66. The summed E-state index contributed by atoms with van der Waals surface area (Å²) in [6.45, 7) is 3.77. The van der Waals surface area contributed by atoms with Crippen LogP contribution in [0.5, 0.6) is 0 Å². The van der Waals surface area contributed by atoms with E-state index >= 15 is 0 Å². The van der Waals surface area contributed by atoms with Crippen molar-refractivity contribution in [2.45, 2.75) is 26.7 Å². The van der Waals surface area contributed by atoms with Crippen LogP contribution in [0.4, 0.5) is 0 Å². The lowest BCUT2D eigenvalue weighted by atomic mass is 10.1. The minimum absolute atomic E-state index is 0.0312. The summed E-state index contributed by atoms with van der Waals surface area (Å²) in [6.07, 6.45) is 5.51. The van der Waals surface area contributed by atoms with Gasteiger partial charge in [-0.15, -0.1) is 0 Å². The third-order valence-corrected chi connectivity index (χ3v) is 2.18. The molecule has 0 saturated carbocycles. The van der Waals surface area contributed by atoms with E-state index in [1.54, 1.807) is 7.11 Å². The first kappa shape index (κ1) is 10.8. The summed E-state index contributed by atoms with van der Waals surface area (Å²) < 4.78 is 5.10. The predicted molar refractivity (Wildman–Crippen MR) is 55.4 cm³/mol. The molecule has 0 unspecified atom stereocenters. The highest BCUT2D eigenvalue weighted by atomic mass is 16.5. The second kappa shape index (κ2) is 4.84. The van der Waals surface area contributed by atoms with E-state index in [-0.39, 0.29) is 11.8 Å². The Hall–Kier alpha value is -1.25. The molecular formula is C11H17NO2. The van der Waals surface area contributed by atoms with Crippen molar-refractivity contribution in [3.05, 3.63) is 23.6 Å². The molecule has 78 valence electrons. The molecule has 0 bridgehead atoms. The maximum atomic E-state index is 11.4. The Balaban J connectivity index is 2.52. The number of nitrogens with one attached hydrogen (secondary N) is 1. The van der Waals surface area contributed by atoms with Gasteiger partial charge in [-0.3, -0.25) is 4.79 Å². The summed E-state index contributed by atoms with van der Waals surface area (Å²) in [5.74, 6) is 1.07. The van der Waals surface area contributed by atoms with Gasteiger partial charge in [-0.05, 0) is 18.6 Å². The largest absolute Gasteiger partial charge is 0.501 e. The van der Waals surface area contributed by atoms with Gasteiger partial charge in [0.25, 0.3) is 0 Å². The lowest BCUT2D eigenvalue weighted by Gasteiger charge is -2.15. The van der Waals surface area contributed by atoms with Gasteiger partial charge in [0.2, 0.25) is 5.91 Å². The molecule has 0 saturated heterocycles. The van der Waals surface area contributed by atoms with Crippen LogP contribution in [-0.2, 0) is 9.53 Å². The molecular weight excluding hydrogens is 178 g/mol. The van der Waals surface area contributed by atoms with Crippen LogP contribution in [0.2, 0.25) is 0 Å². The number of carbonyl (C=O) groups excluding carboxylic acids is 1. The molecule has 1 aliphatic rings. The molecule has 14 heavy (non-hydrogen) atoms. The number of hydrogen-bond donors (Lipinski definition) is 1. The Morgan fingerprint density at radius 1 is 1.43 bits per heavy atom. The zero-order chi connectivity index (χ0) is 10.6. The molecule has 1 aliphatic carbocycles. The second-order valence-electron chi connectivity index (χ2n) is 3.67. The molecule has 0 spiro atoms. The summed E-state index contributed by atoms with van der Waals surface area (Å²) in [5, 5.41) is 2.88. The molecule has 0 radical (unpaired) electrons. The van der Waals surface area contributed by atoms with Crippen LogP contribution in [0.15, 0.2) is 23.6 Å². The number of ether oxygens (including phenoxy) is 1. The fourth-order valence-electron chi connectivity index (χ4n) is 1.19. The van der Waals surface area contributed by atoms with Crippen molar-refractivity contribution in [3.63, 3.8) is 0 Å². The number of rotatable bonds is 3. The van der Waals surface area contributed by atoms with Gasteiger partial charge in [-0.2, -0.15) is 0 Å². The van der Waals surface area contributed by atoms with E-state index in [0.717, 1.165) is 24.3 Å². The highest BCUT2D eigenvalue weighted by Crippen LogP contribution is 2.16. The summed E-state index contributed by atoms with van der Waals surface area (Å²) >= 11 is 0. The Bertz CT molecular complexity index is 277. The fraction of sp³-hybridized carbons (Fsp3) is 0.545. The van der Waals surface area contributed by atoms with Gasteiger partial charge in [0.05, 0.1) is 12.9 Å². The highest BCUT2D eigenvalue weighted by Gasteiger charge is 2.11. The lowest BCUT2D eigenvalue weighted by Crippen LogP contribution is -2.27. The first-order chi connectivity index (χ1) is 6.63. The lowest BCUT2D eigenvalue weighted by molar-refractivity contribution is -0.123. The van der Waals surface area contributed by atoms with Gasteiger partial charge < -0.3 is 10.1 Å². The number of methoxy groups -OCH3 is 1. The minimum Gasteiger partial charge on any atom is -0.501 e. The smallest absolute Gasteiger partial charge is 0.226 e. The predicted octanol–water partition coefficient (Wildman–Crippen LogP) is 1.97. The number of carbonyl (C=O) groups is 1. The van der Waals surface area contributed by atoms with Gasteiger partial charge in [0.1, 0.15) is 0 Å². The monoisotopic (exact) mass is 195 g/mol. The van der Waals surface area contributed by atoms with Crippen LogP contribution in [0.25, 0.3) is 0 Å². The summed E-state index contributed by atoms with van der Waals surface area (Å²) in [4.78, 5) is 11.4. The Labute approximate surface area is 84.8 Å². The first-order valence-corrected chi connectivity index (χ1v) is 4.88. The summed E-state index contributed by atoms with van der Waals surface area (Å²) in [6, 6.07) is 0. The molecule has 0 fully saturated rings. The van der Waals surface area contributed by atoms with Crippen molar-refractivity contribution in [2.24, 2.45) is 5.92 Å². The topological polar surface area (TPSA) is 38.3 Å². The van der Waals surface area contributed by atoms with Gasteiger partial charge in [-0.1, -0.05) is 13.8 Å². The second-order valence-corrected chi connectivity index (χ2v) is 3.67. The number of hydrogen-bond acceptors (Lipinski definition) is 2. The molecule has 0 aliphatic heterocycles. The number of amides is 1. The third-order valence-electron chi connectivity index (χ3n) is 2.18. The van der Waals surface area contributed by atoms with E-state index in [1.807, 2.05) is 26.0 Å². The van der Waals surface area contributed by atoms with Crippen LogP contribution in [0.3, 0.4) is 0 Å². The molecule has 3 nitrogen and oxygen atoms in total. The summed E-state index contributed by atoms with van der Waals surface area (Å²) in [5.41, 5.74) is 0.976. The van der Waals surface area contributed by atoms with Crippen molar-refractivity contribution < 1.29 is 9.53 Å². The molecule has 0 aromatic carbocycles. The van der Waals surface area contributed by atoms with Crippen molar-refractivity contribution >= 4 is 5.91 Å². The van der Waals surface area contributed by atoms with E-state index in [4.69, 9.17) is 4.74 Å². The Kier molecular flexibility index (Phi) is 3.74. The molecule has 0 heterocycles. The molecule has 0 atom stereocenters. The number of allylic oxidation sites excluding steroid dienone is 4. The normalized spacial score (nSPS) is 16.0. The standard InChI is InChI=1S/C11H17NO2/c1-8(2)11(13)12-9-4-6-10(14-3)7-5-9/h4,6,8H,5,7H2,1-3H3,(H,12,13). The fourth-order valence-corrected chi connectivity index (χ4v) is 1.19. The van der Waals surface area contributed by atoms with E-state index in [0.29, 0.717) is 0 Å². The highest BCUT2D eigenvalue weighted by molar-refractivity contribution is 5.79. The molecule has 1 amide bonds. The van der Waals surface area contributed by atoms with Crippen molar-refractivity contribution in [1.29, 1.82) is 0 Å². The van der Waals surface area contributed by atoms with Crippen LogP contribution >= 0.6 is 0 Å². The molecule has 1 N–H and O–H groups in total.